The number of aliphatic hydroxyl groups is 1. The molecule has 1 amide bonds. The molecular formula is C20H26ClN3O2. The molecule has 0 aliphatic rings. The number of amides is 1. The predicted molar refractivity (Wildman–Crippen MR) is 104 cm³/mol. The Kier molecular flexibility index (Phi) is 6.75. The van der Waals surface area contributed by atoms with Gasteiger partial charge in [-0.25, -0.2) is 0 Å². The lowest BCUT2D eigenvalue weighted by Crippen LogP contribution is -2.42. The standard InChI is InChI=1S/C20H26ClN3O2/c1-20(2,3)24-19(26)14-8-6-10-23-17(14)12-18(25)16(22)11-13-7-4-5-9-15(13)21/h4-10,16,18,25H,11-12,22H2,1-3H3,(H,24,26)/t16-,18+/m1/s1. The normalized spacial score (nSPS) is 13.9. The summed E-state index contributed by atoms with van der Waals surface area (Å²) in [5.41, 5.74) is 7.66. The molecule has 0 bridgehead atoms. The van der Waals surface area contributed by atoms with Crippen molar-refractivity contribution in [1.29, 1.82) is 0 Å². The number of nitrogens with zero attached hydrogens (tertiary/aromatic N) is 1. The molecular weight excluding hydrogens is 350 g/mol. The van der Waals surface area contributed by atoms with Gasteiger partial charge >= 0.3 is 0 Å². The second-order valence-corrected chi connectivity index (χ2v) is 7.84. The summed E-state index contributed by atoms with van der Waals surface area (Å²) in [5, 5.41) is 14.1. The molecule has 140 valence electrons. The fraction of sp³-hybridized carbons (Fsp3) is 0.400. The van der Waals surface area contributed by atoms with Crippen molar-refractivity contribution in [2.45, 2.75) is 51.3 Å². The summed E-state index contributed by atoms with van der Waals surface area (Å²) in [6.07, 6.45) is 1.40. The number of aliphatic hydroxyl groups excluding tert-OH is 1. The van der Waals surface area contributed by atoms with Crippen molar-refractivity contribution in [1.82, 2.24) is 10.3 Å². The average molecular weight is 376 g/mol. The average Bonchev–Trinajstić information content (AvgIpc) is 2.55. The van der Waals surface area contributed by atoms with Crippen LogP contribution < -0.4 is 11.1 Å². The zero-order valence-electron chi connectivity index (χ0n) is 15.4. The lowest BCUT2D eigenvalue weighted by molar-refractivity contribution is 0.0916. The topological polar surface area (TPSA) is 88.2 Å². The quantitative estimate of drug-likeness (QED) is 0.724. The van der Waals surface area contributed by atoms with E-state index in [2.05, 4.69) is 10.3 Å². The first kappa shape index (κ1) is 20.4. The van der Waals surface area contributed by atoms with Gasteiger partial charge in [0, 0.05) is 29.2 Å². The Morgan fingerprint density at radius 3 is 2.58 bits per heavy atom. The second kappa shape index (κ2) is 8.62. The molecule has 2 rings (SSSR count). The van der Waals surface area contributed by atoms with Crippen molar-refractivity contribution in [3.63, 3.8) is 0 Å². The van der Waals surface area contributed by atoms with Crippen molar-refractivity contribution in [2.75, 3.05) is 0 Å². The van der Waals surface area contributed by atoms with Crippen LogP contribution in [0.25, 0.3) is 0 Å². The highest BCUT2D eigenvalue weighted by molar-refractivity contribution is 6.31. The van der Waals surface area contributed by atoms with Gasteiger partial charge in [0.15, 0.2) is 0 Å². The SMILES string of the molecule is CC(C)(C)NC(=O)c1cccnc1C[C@H](O)[C@H](N)Cc1ccccc1Cl. The van der Waals surface area contributed by atoms with Crippen LogP contribution in [0, 0.1) is 0 Å². The summed E-state index contributed by atoms with van der Waals surface area (Å²) >= 11 is 6.16. The van der Waals surface area contributed by atoms with Gasteiger partial charge in [-0.2, -0.15) is 0 Å². The Morgan fingerprint density at radius 2 is 1.92 bits per heavy atom. The first-order valence-electron chi connectivity index (χ1n) is 8.61. The number of carbonyl (C=O) groups is 1. The highest BCUT2D eigenvalue weighted by Crippen LogP contribution is 2.18. The molecule has 0 saturated carbocycles. The smallest absolute Gasteiger partial charge is 0.253 e. The van der Waals surface area contributed by atoms with E-state index < -0.39 is 12.1 Å². The lowest BCUT2D eigenvalue weighted by Gasteiger charge is -2.23. The molecule has 0 saturated heterocycles. The van der Waals surface area contributed by atoms with Gasteiger partial charge < -0.3 is 16.2 Å². The summed E-state index contributed by atoms with van der Waals surface area (Å²) in [7, 11) is 0. The molecule has 0 fully saturated rings. The molecule has 0 aliphatic carbocycles. The van der Waals surface area contributed by atoms with Crippen molar-refractivity contribution in [3.05, 3.63) is 64.4 Å². The number of hydrogen-bond donors (Lipinski definition) is 3. The van der Waals surface area contributed by atoms with Crippen LogP contribution in [0.1, 0.15) is 42.4 Å². The first-order valence-corrected chi connectivity index (χ1v) is 8.98. The number of nitrogens with two attached hydrogens (primary N) is 1. The van der Waals surface area contributed by atoms with E-state index in [1.165, 1.54) is 0 Å². The summed E-state index contributed by atoms with van der Waals surface area (Å²) in [5.74, 6) is -0.215. The Labute approximate surface area is 159 Å². The Bertz CT molecular complexity index is 759. The molecule has 2 aromatic rings. The van der Waals surface area contributed by atoms with Crippen LogP contribution in [0.4, 0.5) is 0 Å². The largest absolute Gasteiger partial charge is 0.391 e. The van der Waals surface area contributed by atoms with Crippen LogP contribution in [-0.2, 0) is 12.8 Å². The van der Waals surface area contributed by atoms with E-state index in [4.69, 9.17) is 17.3 Å². The maximum absolute atomic E-state index is 12.5. The Hall–Kier alpha value is -1.95. The summed E-state index contributed by atoms with van der Waals surface area (Å²) < 4.78 is 0. The first-order chi connectivity index (χ1) is 12.2. The van der Waals surface area contributed by atoms with Crippen molar-refractivity contribution < 1.29 is 9.90 Å². The van der Waals surface area contributed by atoms with Crippen LogP contribution >= 0.6 is 11.6 Å². The van der Waals surface area contributed by atoms with Gasteiger partial charge in [0.25, 0.3) is 5.91 Å². The van der Waals surface area contributed by atoms with Gasteiger partial charge in [0.05, 0.1) is 17.4 Å². The minimum absolute atomic E-state index is 0.194. The van der Waals surface area contributed by atoms with E-state index in [0.29, 0.717) is 22.7 Å². The monoisotopic (exact) mass is 375 g/mol. The third-order valence-electron chi connectivity index (χ3n) is 3.93. The molecule has 0 aliphatic heterocycles. The third-order valence-corrected chi connectivity index (χ3v) is 4.30. The van der Waals surface area contributed by atoms with Gasteiger partial charge in [0.2, 0.25) is 0 Å². The van der Waals surface area contributed by atoms with Gasteiger partial charge in [-0.15, -0.1) is 0 Å². The number of halogens is 1. The van der Waals surface area contributed by atoms with E-state index in [1.807, 2.05) is 39.0 Å². The second-order valence-electron chi connectivity index (χ2n) is 7.43. The number of nitrogens with one attached hydrogen (secondary N) is 1. The van der Waals surface area contributed by atoms with E-state index >= 15 is 0 Å². The number of carbonyl (C=O) groups excluding carboxylic acids is 1. The third kappa shape index (κ3) is 5.80. The Balaban J connectivity index is 2.10. The number of pyridine rings is 1. The molecule has 2 atom stereocenters. The van der Waals surface area contributed by atoms with Gasteiger partial charge in [-0.1, -0.05) is 29.8 Å². The molecule has 1 heterocycles. The molecule has 0 radical (unpaired) electrons. The van der Waals surface area contributed by atoms with Gasteiger partial charge in [0.1, 0.15) is 0 Å². The van der Waals surface area contributed by atoms with E-state index in [-0.39, 0.29) is 17.9 Å². The fourth-order valence-electron chi connectivity index (χ4n) is 2.62. The van der Waals surface area contributed by atoms with E-state index in [0.717, 1.165) is 5.56 Å². The molecule has 26 heavy (non-hydrogen) atoms. The van der Waals surface area contributed by atoms with Crippen molar-refractivity contribution in [2.24, 2.45) is 5.73 Å². The minimum atomic E-state index is -0.845. The van der Waals surface area contributed by atoms with E-state index in [9.17, 15) is 9.90 Å². The maximum Gasteiger partial charge on any atom is 0.253 e. The zero-order chi connectivity index (χ0) is 19.3. The van der Waals surface area contributed by atoms with Gasteiger partial charge in [-0.05, 0) is 51.0 Å². The summed E-state index contributed by atoms with van der Waals surface area (Å²) in [4.78, 5) is 16.8. The molecule has 1 aromatic heterocycles. The molecule has 1 aromatic carbocycles. The van der Waals surface area contributed by atoms with Gasteiger partial charge in [-0.3, -0.25) is 9.78 Å². The van der Waals surface area contributed by atoms with Crippen LogP contribution in [0.3, 0.4) is 0 Å². The van der Waals surface area contributed by atoms with Crippen LogP contribution in [0.2, 0.25) is 5.02 Å². The molecule has 5 nitrogen and oxygen atoms in total. The summed E-state index contributed by atoms with van der Waals surface area (Å²) in [6, 6.07) is 10.3. The fourth-order valence-corrected chi connectivity index (χ4v) is 2.83. The van der Waals surface area contributed by atoms with Crippen LogP contribution in [0.15, 0.2) is 42.6 Å². The Morgan fingerprint density at radius 1 is 1.23 bits per heavy atom. The number of hydrogen-bond acceptors (Lipinski definition) is 4. The maximum atomic E-state index is 12.5. The summed E-state index contributed by atoms with van der Waals surface area (Å²) in [6.45, 7) is 5.74. The van der Waals surface area contributed by atoms with Crippen LogP contribution in [-0.4, -0.2) is 33.7 Å². The van der Waals surface area contributed by atoms with E-state index in [1.54, 1.807) is 24.4 Å². The lowest BCUT2D eigenvalue weighted by atomic mass is 9.97. The minimum Gasteiger partial charge on any atom is -0.391 e. The van der Waals surface area contributed by atoms with Crippen LogP contribution in [0.5, 0.6) is 0 Å². The zero-order valence-corrected chi connectivity index (χ0v) is 16.1. The number of benzene rings is 1. The van der Waals surface area contributed by atoms with Crippen molar-refractivity contribution in [3.8, 4) is 0 Å². The van der Waals surface area contributed by atoms with Crippen molar-refractivity contribution >= 4 is 17.5 Å². The highest BCUT2D eigenvalue weighted by atomic mass is 35.5. The molecule has 4 N–H and O–H groups in total. The molecule has 6 heteroatoms. The highest BCUT2D eigenvalue weighted by Gasteiger charge is 2.22. The number of aromatic nitrogens is 1. The molecule has 0 spiro atoms. The molecule has 0 unspecified atom stereocenters. The number of rotatable bonds is 6. The predicted octanol–water partition coefficient (Wildman–Crippen LogP) is 2.74.